The molecule has 0 saturated carbocycles. The highest BCUT2D eigenvalue weighted by atomic mass is 16.7. The summed E-state index contributed by atoms with van der Waals surface area (Å²) < 4.78 is 10.5. The standard InChI is InChI=1S/C13H18O8/c1-5-7(16)2-6(15)3-8(5)20-13-12(19)11(18)10(17)9(4-14)21-13/h2-3,9-19H,4H2,1H3. The van der Waals surface area contributed by atoms with Crippen LogP contribution in [0.4, 0.5) is 0 Å². The summed E-state index contributed by atoms with van der Waals surface area (Å²) in [4.78, 5) is 0. The van der Waals surface area contributed by atoms with E-state index in [2.05, 4.69) is 0 Å². The van der Waals surface area contributed by atoms with Crippen molar-refractivity contribution in [3.05, 3.63) is 17.7 Å². The lowest BCUT2D eigenvalue weighted by atomic mass is 9.99. The van der Waals surface area contributed by atoms with Gasteiger partial charge in [-0.2, -0.15) is 0 Å². The smallest absolute Gasteiger partial charge is 0.229 e. The maximum atomic E-state index is 9.85. The Kier molecular flexibility index (Phi) is 4.55. The first-order valence-electron chi connectivity index (χ1n) is 6.35. The molecule has 0 spiro atoms. The molecule has 1 aromatic carbocycles. The van der Waals surface area contributed by atoms with Crippen LogP contribution in [0.3, 0.4) is 0 Å². The van der Waals surface area contributed by atoms with Gasteiger partial charge >= 0.3 is 0 Å². The summed E-state index contributed by atoms with van der Waals surface area (Å²) in [6.07, 6.45) is -7.08. The van der Waals surface area contributed by atoms with E-state index in [0.29, 0.717) is 5.56 Å². The number of rotatable bonds is 3. The van der Waals surface area contributed by atoms with Crippen LogP contribution in [0.1, 0.15) is 5.56 Å². The van der Waals surface area contributed by atoms with Gasteiger partial charge in [0.1, 0.15) is 41.7 Å². The number of phenols is 2. The quantitative estimate of drug-likeness (QED) is 0.400. The summed E-state index contributed by atoms with van der Waals surface area (Å²) in [6.45, 7) is 0.948. The van der Waals surface area contributed by atoms with Crippen molar-refractivity contribution in [2.45, 2.75) is 37.6 Å². The van der Waals surface area contributed by atoms with E-state index in [1.54, 1.807) is 0 Å². The minimum atomic E-state index is -1.56. The molecular formula is C13H18O8. The van der Waals surface area contributed by atoms with Crippen LogP contribution in [0.25, 0.3) is 0 Å². The molecule has 118 valence electrons. The number of hydrogen-bond acceptors (Lipinski definition) is 8. The molecule has 0 amide bonds. The van der Waals surface area contributed by atoms with Gasteiger partial charge in [-0.25, -0.2) is 0 Å². The molecular weight excluding hydrogens is 284 g/mol. The number of aliphatic hydroxyl groups excluding tert-OH is 4. The Balaban J connectivity index is 2.22. The van der Waals surface area contributed by atoms with E-state index >= 15 is 0 Å². The highest BCUT2D eigenvalue weighted by Gasteiger charge is 2.44. The van der Waals surface area contributed by atoms with Crippen molar-refractivity contribution < 1.29 is 40.1 Å². The van der Waals surface area contributed by atoms with Crippen molar-refractivity contribution in [3.63, 3.8) is 0 Å². The van der Waals surface area contributed by atoms with E-state index in [4.69, 9.17) is 14.6 Å². The van der Waals surface area contributed by atoms with Gasteiger partial charge in [0, 0.05) is 17.7 Å². The molecule has 6 N–H and O–H groups in total. The minimum absolute atomic E-state index is 0.0387. The fraction of sp³-hybridized carbons (Fsp3) is 0.538. The lowest BCUT2D eigenvalue weighted by Gasteiger charge is -2.39. The Hall–Kier alpha value is -1.58. The fourth-order valence-corrected chi connectivity index (χ4v) is 2.07. The number of aliphatic hydroxyl groups is 4. The Morgan fingerprint density at radius 1 is 1.10 bits per heavy atom. The zero-order valence-electron chi connectivity index (χ0n) is 11.2. The molecule has 1 aromatic rings. The Bertz CT molecular complexity index is 503. The van der Waals surface area contributed by atoms with Gasteiger partial charge in [0.15, 0.2) is 0 Å². The molecule has 1 aliphatic rings. The van der Waals surface area contributed by atoms with Crippen molar-refractivity contribution in [1.29, 1.82) is 0 Å². The highest BCUT2D eigenvalue weighted by molar-refractivity contribution is 5.48. The number of benzene rings is 1. The van der Waals surface area contributed by atoms with Crippen LogP contribution in [0, 0.1) is 6.92 Å². The van der Waals surface area contributed by atoms with Crippen LogP contribution in [0.5, 0.6) is 17.2 Å². The Labute approximate surface area is 120 Å². The number of hydrogen-bond donors (Lipinski definition) is 6. The van der Waals surface area contributed by atoms with Crippen LogP contribution >= 0.6 is 0 Å². The van der Waals surface area contributed by atoms with Crippen molar-refractivity contribution >= 4 is 0 Å². The van der Waals surface area contributed by atoms with E-state index in [9.17, 15) is 25.5 Å². The summed E-state index contributed by atoms with van der Waals surface area (Å²) in [5.41, 5.74) is 0.296. The van der Waals surface area contributed by atoms with Gasteiger partial charge < -0.3 is 40.1 Å². The van der Waals surface area contributed by atoms with Gasteiger partial charge in [-0.15, -0.1) is 0 Å². The van der Waals surface area contributed by atoms with Crippen molar-refractivity contribution in [2.24, 2.45) is 0 Å². The zero-order chi connectivity index (χ0) is 15.7. The second kappa shape index (κ2) is 6.04. The van der Waals surface area contributed by atoms with Crippen LogP contribution in [-0.2, 0) is 4.74 Å². The van der Waals surface area contributed by atoms with Gasteiger partial charge in [0.25, 0.3) is 0 Å². The number of aromatic hydroxyl groups is 2. The van der Waals surface area contributed by atoms with Gasteiger partial charge in [0.2, 0.25) is 6.29 Å². The zero-order valence-corrected chi connectivity index (χ0v) is 11.2. The molecule has 5 atom stereocenters. The molecule has 2 rings (SSSR count). The normalized spacial score (nSPS) is 32.9. The van der Waals surface area contributed by atoms with Gasteiger partial charge in [0.05, 0.1) is 6.61 Å². The number of phenolic OH excluding ortho intramolecular Hbond substituents is 2. The van der Waals surface area contributed by atoms with E-state index in [-0.39, 0.29) is 17.2 Å². The molecule has 1 saturated heterocycles. The molecule has 0 aliphatic carbocycles. The SMILES string of the molecule is Cc1c(O)cc(O)cc1OC1OC(CO)C(O)C(O)C1O. The fourth-order valence-electron chi connectivity index (χ4n) is 2.07. The molecule has 8 nitrogen and oxygen atoms in total. The van der Waals surface area contributed by atoms with E-state index < -0.39 is 37.3 Å². The average molecular weight is 302 g/mol. The molecule has 0 radical (unpaired) electrons. The monoisotopic (exact) mass is 302 g/mol. The van der Waals surface area contributed by atoms with E-state index in [1.165, 1.54) is 13.0 Å². The second-order valence-electron chi connectivity index (χ2n) is 4.90. The summed E-state index contributed by atoms with van der Waals surface area (Å²) in [6, 6.07) is 2.33. The largest absolute Gasteiger partial charge is 0.508 e. The summed E-state index contributed by atoms with van der Waals surface area (Å²) in [5, 5.41) is 57.3. The van der Waals surface area contributed by atoms with E-state index in [0.717, 1.165) is 6.07 Å². The molecule has 0 aromatic heterocycles. The van der Waals surface area contributed by atoms with Gasteiger partial charge in [-0.05, 0) is 6.92 Å². The summed E-state index contributed by atoms with van der Waals surface area (Å²) in [5.74, 6) is -0.427. The third-order valence-electron chi connectivity index (χ3n) is 3.41. The molecule has 1 heterocycles. The van der Waals surface area contributed by atoms with Crippen LogP contribution in [0.15, 0.2) is 12.1 Å². The number of ether oxygens (including phenoxy) is 2. The lowest BCUT2D eigenvalue weighted by Crippen LogP contribution is -2.60. The van der Waals surface area contributed by atoms with Gasteiger partial charge in [-0.3, -0.25) is 0 Å². The first kappa shape index (κ1) is 15.8. The Morgan fingerprint density at radius 2 is 1.76 bits per heavy atom. The molecule has 1 aliphatic heterocycles. The third-order valence-corrected chi connectivity index (χ3v) is 3.41. The van der Waals surface area contributed by atoms with Gasteiger partial charge in [-0.1, -0.05) is 0 Å². The Morgan fingerprint density at radius 3 is 2.38 bits per heavy atom. The first-order chi connectivity index (χ1) is 9.85. The molecule has 0 bridgehead atoms. The predicted molar refractivity (Wildman–Crippen MR) is 68.9 cm³/mol. The first-order valence-corrected chi connectivity index (χ1v) is 6.35. The maximum absolute atomic E-state index is 9.85. The lowest BCUT2D eigenvalue weighted by molar-refractivity contribution is -0.277. The van der Waals surface area contributed by atoms with Crippen LogP contribution < -0.4 is 4.74 Å². The highest BCUT2D eigenvalue weighted by Crippen LogP contribution is 2.34. The average Bonchev–Trinajstić information content (AvgIpc) is 2.44. The molecule has 21 heavy (non-hydrogen) atoms. The second-order valence-corrected chi connectivity index (χ2v) is 4.90. The molecule has 8 heteroatoms. The van der Waals surface area contributed by atoms with Crippen LogP contribution in [-0.4, -0.2) is 68.0 Å². The third kappa shape index (κ3) is 3.04. The summed E-state index contributed by atoms with van der Waals surface area (Å²) in [7, 11) is 0. The molecule has 1 fully saturated rings. The topological polar surface area (TPSA) is 140 Å². The minimum Gasteiger partial charge on any atom is -0.508 e. The van der Waals surface area contributed by atoms with Crippen molar-refractivity contribution in [3.8, 4) is 17.2 Å². The van der Waals surface area contributed by atoms with Crippen molar-refractivity contribution in [1.82, 2.24) is 0 Å². The summed E-state index contributed by atoms with van der Waals surface area (Å²) >= 11 is 0. The predicted octanol–water partition coefficient (Wildman–Crippen LogP) is -1.42. The van der Waals surface area contributed by atoms with Crippen molar-refractivity contribution in [2.75, 3.05) is 6.61 Å². The van der Waals surface area contributed by atoms with E-state index in [1.807, 2.05) is 0 Å². The maximum Gasteiger partial charge on any atom is 0.229 e. The molecule has 5 unspecified atom stereocenters. The van der Waals surface area contributed by atoms with Crippen LogP contribution in [0.2, 0.25) is 0 Å².